The Morgan fingerprint density at radius 1 is 0.967 bits per heavy atom. The predicted molar refractivity (Wildman–Crippen MR) is 113 cm³/mol. The maximum atomic E-state index is 12.6. The molecule has 1 aromatic carbocycles. The predicted octanol–water partition coefficient (Wildman–Crippen LogP) is 2.21. The fourth-order valence-electron chi connectivity index (χ4n) is 3.19. The average molecular weight is 420 g/mol. The van der Waals surface area contributed by atoms with E-state index in [2.05, 4.69) is 5.32 Å². The molecule has 1 aliphatic heterocycles. The highest BCUT2D eigenvalue weighted by atomic mass is 16.6. The average Bonchev–Trinajstić information content (AvgIpc) is 2.93. The number of carbonyl (C=O) groups is 3. The van der Waals surface area contributed by atoms with Crippen LogP contribution in [0.4, 0.5) is 4.79 Å². The van der Waals surface area contributed by atoms with E-state index in [0.717, 1.165) is 17.7 Å². The highest BCUT2D eigenvalue weighted by Gasteiger charge is 2.22. The summed E-state index contributed by atoms with van der Waals surface area (Å²) in [5.41, 5.74) is 0.368. The van der Waals surface area contributed by atoms with E-state index in [4.69, 9.17) is 9.47 Å². The number of benzene rings is 1. The van der Waals surface area contributed by atoms with Crippen molar-refractivity contribution >= 4 is 17.9 Å². The van der Waals surface area contributed by atoms with E-state index in [0.29, 0.717) is 32.6 Å². The molecule has 30 heavy (non-hydrogen) atoms. The van der Waals surface area contributed by atoms with Gasteiger partial charge in [-0.05, 0) is 44.9 Å². The molecule has 1 saturated heterocycles. The van der Waals surface area contributed by atoms with Gasteiger partial charge in [-0.15, -0.1) is 0 Å². The molecule has 0 atom stereocenters. The Morgan fingerprint density at radius 3 is 2.13 bits per heavy atom. The van der Waals surface area contributed by atoms with Crippen LogP contribution in [0.25, 0.3) is 0 Å². The van der Waals surface area contributed by atoms with Gasteiger partial charge in [0.2, 0.25) is 11.8 Å². The van der Waals surface area contributed by atoms with Crippen LogP contribution in [0.15, 0.2) is 24.3 Å². The minimum absolute atomic E-state index is 0.0319. The summed E-state index contributed by atoms with van der Waals surface area (Å²) in [5, 5.41) is 2.61. The second-order valence-electron chi connectivity index (χ2n) is 8.32. The summed E-state index contributed by atoms with van der Waals surface area (Å²) in [6, 6.07) is 7.47. The van der Waals surface area contributed by atoms with Gasteiger partial charge in [0.1, 0.15) is 11.4 Å². The van der Waals surface area contributed by atoms with Crippen molar-refractivity contribution in [2.75, 3.05) is 39.8 Å². The van der Waals surface area contributed by atoms with Crippen molar-refractivity contribution in [2.24, 2.45) is 0 Å². The second-order valence-corrected chi connectivity index (χ2v) is 8.32. The Balaban J connectivity index is 1.76. The zero-order chi connectivity index (χ0) is 22.1. The molecule has 8 nitrogen and oxygen atoms in total. The van der Waals surface area contributed by atoms with Gasteiger partial charge < -0.3 is 24.6 Å². The van der Waals surface area contributed by atoms with Crippen molar-refractivity contribution < 1.29 is 23.9 Å². The Hall–Kier alpha value is -2.77. The molecule has 0 aliphatic carbocycles. The fourth-order valence-corrected chi connectivity index (χ4v) is 3.19. The lowest BCUT2D eigenvalue weighted by atomic mass is 10.1. The largest absolute Gasteiger partial charge is 0.497 e. The van der Waals surface area contributed by atoms with Crippen molar-refractivity contribution in [3.05, 3.63) is 29.8 Å². The molecule has 1 fully saturated rings. The highest BCUT2D eigenvalue weighted by Crippen LogP contribution is 2.13. The third kappa shape index (κ3) is 7.93. The minimum atomic E-state index is -0.569. The SMILES string of the molecule is COc1ccc(CC(=O)N2CCCN(C(=O)CCNC(=O)OC(C)(C)C)CC2)cc1. The van der Waals surface area contributed by atoms with E-state index in [1.807, 2.05) is 29.2 Å². The van der Waals surface area contributed by atoms with Gasteiger partial charge in [-0.3, -0.25) is 9.59 Å². The molecule has 0 spiro atoms. The van der Waals surface area contributed by atoms with E-state index in [9.17, 15) is 14.4 Å². The quantitative estimate of drug-likeness (QED) is 0.764. The van der Waals surface area contributed by atoms with E-state index < -0.39 is 11.7 Å². The number of nitrogens with one attached hydrogen (secondary N) is 1. The molecule has 0 aromatic heterocycles. The number of methoxy groups -OCH3 is 1. The monoisotopic (exact) mass is 419 g/mol. The Labute approximate surface area is 178 Å². The molecule has 0 unspecified atom stereocenters. The van der Waals surface area contributed by atoms with Crippen molar-refractivity contribution in [3.8, 4) is 5.75 Å². The van der Waals surface area contributed by atoms with Crippen LogP contribution in [-0.2, 0) is 20.7 Å². The Kier molecular flexibility index (Phi) is 8.50. The molecule has 166 valence electrons. The molecule has 8 heteroatoms. The van der Waals surface area contributed by atoms with Crippen LogP contribution in [0, 0.1) is 0 Å². The van der Waals surface area contributed by atoms with Crippen LogP contribution in [-0.4, -0.2) is 73.1 Å². The zero-order valence-corrected chi connectivity index (χ0v) is 18.4. The lowest BCUT2D eigenvalue weighted by Gasteiger charge is -2.23. The number of ether oxygens (including phenoxy) is 2. The van der Waals surface area contributed by atoms with Gasteiger partial charge in [0.05, 0.1) is 13.5 Å². The smallest absolute Gasteiger partial charge is 0.407 e. The fraction of sp³-hybridized carbons (Fsp3) is 0.591. The summed E-state index contributed by atoms with van der Waals surface area (Å²) in [6.07, 6.45) is 0.748. The molecule has 1 aromatic rings. The topological polar surface area (TPSA) is 88.2 Å². The summed E-state index contributed by atoms with van der Waals surface area (Å²) < 4.78 is 10.3. The van der Waals surface area contributed by atoms with E-state index in [1.54, 1.807) is 32.8 Å². The van der Waals surface area contributed by atoms with Gasteiger partial charge in [0.25, 0.3) is 0 Å². The molecule has 1 N–H and O–H groups in total. The molecule has 2 rings (SSSR count). The third-order valence-electron chi connectivity index (χ3n) is 4.72. The van der Waals surface area contributed by atoms with Gasteiger partial charge in [0, 0.05) is 39.1 Å². The highest BCUT2D eigenvalue weighted by molar-refractivity contribution is 5.79. The molecular formula is C22H33N3O5. The molecule has 1 aliphatic rings. The van der Waals surface area contributed by atoms with Crippen molar-refractivity contribution in [3.63, 3.8) is 0 Å². The van der Waals surface area contributed by atoms with Gasteiger partial charge in [-0.1, -0.05) is 12.1 Å². The van der Waals surface area contributed by atoms with E-state index in [-0.39, 0.29) is 24.8 Å². The summed E-state index contributed by atoms with van der Waals surface area (Å²) in [7, 11) is 1.61. The second kappa shape index (κ2) is 10.8. The molecular weight excluding hydrogens is 386 g/mol. The van der Waals surface area contributed by atoms with Gasteiger partial charge in [-0.2, -0.15) is 0 Å². The normalized spacial score (nSPS) is 14.7. The Bertz CT molecular complexity index is 727. The number of amides is 3. The first kappa shape index (κ1) is 23.5. The first-order chi connectivity index (χ1) is 14.2. The summed E-state index contributed by atoms with van der Waals surface area (Å²) in [5.74, 6) is 0.785. The lowest BCUT2D eigenvalue weighted by molar-refractivity contribution is -0.133. The van der Waals surface area contributed by atoms with Gasteiger partial charge >= 0.3 is 6.09 Å². The molecule has 3 amide bonds. The number of hydrogen-bond acceptors (Lipinski definition) is 5. The van der Waals surface area contributed by atoms with Gasteiger partial charge in [0.15, 0.2) is 0 Å². The van der Waals surface area contributed by atoms with Crippen LogP contribution >= 0.6 is 0 Å². The summed E-state index contributed by atoms with van der Waals surface area (Å²) in [6.45, 7) is 7.85. The third-order valence-corrected chi connectivity index (χ3v) is 4.72. The van der Waals surface area contributed by atoms with Crippen LogP contribution in [0.2, 0.25) is 0 Å². The zero-order valence-electron chi connectivity index (χ0n) is 18.4. The van der Waals surface area contributed by atoms with Crippen LogP contribution in [0.1, 0.15) is 39.2 Å². The maximum absolute atomic E-state index is 12.6. The number of hydrogen-bond donors (Lipinski definition) is 1. The molecule has 1 heterocycles. The minimum Gasteiger partial charge on any atom is -0.497 e. The van der Waals surface area contributed by atoms with Crippen LogP contribution in [0.5, 0.6) is 5.75 Å². The van der Waals surface area contributed by atoms with Crippen molar-refractivity contribution in [1.29, 1.82) is 0 Å². The molecule has 0 saturated carbocycles. The van der Waals surface area contributed by atoms with Crippen LogP contribution in [0.3, 0.4) is 0 Å². The number of carbonyl (C=O) groups excluding carboxylic acids is 3. The number of rotatable bonds is 6. The molecule has 0 radical (unpaired) electrons. The number of alkyl carbamates (subject to hydrolysis) is 1. The molecule has 0 bridgehead atoms. The van der Waals surface area contributed by atoms with E-state index >= 15 is 0 Å². The number of nitrogens with zero attached hydrogens (tertiary/aromatic N) is 2. The van der Waals surface area contributed by atoms with Gasteiger partial charge in [-0.25, -0.2) is 4.79 Å². The maximum Gasteiger partial charge on any atom is 0.407 e. The van der Waals surface area contributed by atoms with Crippen molar-refractivity contribution in [2.45, 2.75) is 45.6 Å². The lowest BCUT2D eigenvalue weighted by Crippen LogP contribution is -2.39. The van der Waals surface area contributed by atoms with E-state index in [1.165, 1.54) is 0 Å². The summed E-state index contributed by atoms with van der Waals surface area (Å²) >= 11 is 0. The first-order valence-corrected chi connectivity index (χ1v) is 10.3. The van der Waals surface area contributed by atoms with Crippen LogP contribution < -0.4 is 10.1 Å². The van der Waals surface area contributed by atoms with Crippen molar-refractivity contribution in [1.82, 2.24) is 15.1 Å². The summed E-state index contributed by atoms with van der Waals surface area (Å²) in [4.78, 5) is 40.3. The Morgan fingerprint density at radius 2 is 1.57 bits per heavy atom. The standard InChI is InChI=1S/C22H33N3O5/c1-22(2,3)30-21(28)23-11-10-19(26)24-12-5-13-25(15-14-24)20(27)16-17-6-8-18(29-4)9-7-17/h6-9H,5,10-16H2,1-4H3,(H,23,28). The first-order valence-electron chi connectivity index (χ1n) is 10.3.